The van der Waals surface area contributed by atoms with Gasteiger partial charge in [-0.15, -0.1) is 0 Å². The molecule has 12 nitrogen and oxygen atoms in total. The maximum absolute atomic E-state index is 13.2. The van der Waals surface area contributed by atoms with Gasteiger partial charge >= 0.3 is 0 Å². The zero-order valence-corrected chi connectivity index (χ0v) is 35.0. The van der Waals surface area contributed by atoms with E-state index in [9.17, 15) is 9.59 Å². The number of ether oxygens (including phenoxy) is 1. The predicted molar refractivity (Wildman–Crippen MR) is 234 cm³/mol. The SMILES string of the molecule is C=O.COc1ccc(N2CCN(C(=O)c3cc(C)nn3-c3ccc(C)cc3)CC2)cc1.Cc1ccc(-n2nc(C)cc2C(=O)N2CCN(c3cccc(C)c3)CC2)cc1. The second-order valence-corrected chi connectivity index (χ2v) is 14.9. The molecule has 4 aromatic carbocycles. The molecule has 6 aromatic rings. The van der Waals surface area contributed by atoms with Crippen LogP contribution in [0.4, 0.5) is 11.4 Å². The molecule has 4 heterocycles. The predicted octanol–water partition coefficient (Wildman–Crippen LogP) is 7.04. The Morgan fingerprint density at radius 3 is 1.31 bits per heavy atom. The molecule has 0 atom stereocenters. The van der Waals surface area contributed by atoms with Crippen molar-refractivity contribution in [2.75, 3.05) is 69.3 Å². The third-order valence-corrected chi connectivity index (χ3v) is 10.6. The normalized spacial score (nSPS) is 13.9. The minimum absolute atomic E-state index is 0.0283. The molecule has 0 unspecified atom stereocenters. The lowest BCUT2D eigenvalue weighted by molar-refractivity contribution is -0.0980. The van der Waals surface area contributed by atoms with Gasteiger partial charge in [-0.3, -0.25) is 9.59 Å². The van der Waals surface area contributed by atoms with E-state index in [1.54, 1.807) is 16.5 Å². The number of methoxy groups -OCH3 is 1. The van der Waals surface area contributed by atoms with Gasteiger partial charge in [0.1, 0.15) is 23.9 Å². The number of carbonyl (C=O) groups is 3. The van der Waals surface area contributed by atoms with Crippen molar-refractivity contribution in [3.05, 3.63) is 149 Å². The van der Waals surface area contributed by atoms with E-state index in [1.807, 2.05) is 110 Å². The van der Waals surface area contributed by atoms with Gasteiger partial charge in [0.2, 0.25) is 0 Å². The number of anilines is 2. The number of aryl methyl sites for hydroxylation is 5. The Labute approximate surface area is 347 Å². The molecule has 306 valence electrons. The number of aromatic nitrogens is 4. The van der Waals surface area contributed by atoms with Crippen molar-refractivity contribution in [2.45, 2.75) is 34.6 Å². The van der Waals surface area contributed by atoms with E-state index < -0.39 is 0 Å². The summed E-state index contributed by atoms with van der Waals surface area (Å²) in [5.74, 6) is 0.924. The molecule has 0 radical (unpaired) electrons. The molecular weight excluding hydrogens is 741 g/mol. The number of hydrogen-bond acceptors (Lipinski definition) is 8. The van der Waals surface area contributed by atoms with Crippen LogP contribution in [0.25, 0.3) is 11.4 Å². The minimum atomic E-state index is 0.0283. The van der Waals surface area contributed by atoms with Gasteiger partial charge in [-0.05, 0) is 113 Å². The highest BCUT2D eigenvalue weighted by Gasteiger charge is 2.27. The molecule has 0 saturated carbocycles. The highest BCUT2D eigenvalue weighted by molar-refractivity contribution is 5.94. The number of nitrogens with zero attached hydrogens (tertiary/aromatic N) is 8. The first kappa shape index (κ1) is 41.9. The van der Waals surface area contributed by atoms with Gasteiger partial charge in [-0.2, -0.15) is 10.2 Å². The van der Waals surface area contributed by atoms with Gasteiger partial charge in [0.25, 0.3) is 11.8 Å². The van der Waals surface area contributed by atoms with Crippen molar-refractivity contribution in [1.82, 2.24) is 29.4 Å². The molecule has 8 rings (SSSR count). The molecule has 12 heteroatoms. The summed E-state index contributed by atoms with van der Waals surface area (Å²) in [6.07, 6.45) is 0. The molecule has 2 amide bonds. The maximum Gasteiger partial charge on any atom is 0.272 e. The van der Waals surface area contributed by atoms with Crippen molar-refractivity contribution in [1.29, 1.82) is 0 Å². The second kappa shape index (κ2) is 19.2. The third kappa shape index (κ3) is 10.1. The van der Waals surface area contributed by atoms with E-state index in [4.69, 9.17) is 9.53 Å². The maximum atomic E-state index is 13.2. The molecule has 0 N–H and O–H groups in total. The number of benzene rings is 4. The van der Waals surface area contributed by atoms with Crippen LogP contribution in [0.5, 0.6) is 5.75 Å². The van der Waals surface area contributed by atoms with Gasteiger partial charge < -0.3 is 29.1 Å². The lowest BCUT2D eigenvalue weighted by Crippen LogP contribution is -2.49. The first-order valence-corrected chi connectivity index (χ1v) is 19.9. The Morgan fingerprint density at radius 1 is 0.492 bits per heavy atom. The molecule has 2 fully saturated rings. The number of carbonyl (C=O) groups excluding carboxylic acids is 3. The molecule has 0 aliphatic carbocycles. The van der Waals surface area contributed by atoms with E-state index >= 15 is 0 Å². The van der Waals surface area contributed by atoms with Crippen LogP contribution in [0.1, 0.15) is 49.1 Å². The van der Waals surface area contributed by atoms with Gasteiger partial charge in [0.15, 0.2) is 0 Å². The van der Waals surface area contributed by atoms with Crippen LogP contribution in [0.2, 0.25) is 0 Å². The van der Waals surface area contributed by atoms with E-state index in [1.165, 1.54) is 22.4 Å². The molecule has 59 heavy (non-hydrogen) atoms. The van der Waals surface area contributed by atoms with Crippen molar-refractivity contribution >= 4 is 30.0 Å². The van der Waals surface area contributed by atoms with Crippen LogP contribution in [-0.4, -0.2) is 107 Å². The summed E-state index contributed by atoms with van der Waals surface area (Å²) < 4.78 is 8.76. The Kier molecular flexibility index (Phi) is 13.6. The van der Waals surface area contributed by atoms with E-state index in [-0.39, 0.29) is 11.8 Å². The molecule has 2 aliphatic rings. The molecule has 2 aromatic heterocycles. The average molecular weight is 795 g/mol. The Morgan fingerprint density at radius 2 is 0.898 bits per heavy atom. The fraction of sp³-hybridized carbons (Fsp3) is 0.298. The topological polar surface area (TPSA) is 109 Å². The quantitative estimate of drug-likeness (QED) is 0.170. The summed E-state index contributed by atoms with van der Waals surface area (Å²) in [5.41, 5.74) is 10.8. The first-order chi connectivity index (χ1) is 28.6. The molecule has 2 saturated heterocycles. The zero-order chi connectivity index (χ0) is 42.1. The third-order valence-electron chi connectivity index (χ3n) is 10.6. The van der Waals surface area contributed by atoms with Crippen LogP contribution >= 0.6 is 0 Å². The summed E-state index contributed by atoms with van der Waals surface area (Å²) in [7, 11) is 1.67. The second-order valence-electron chi connectivity index (χ2n) is 14.9. The minimum Gasteiger partial charge on any atom is -0.497 e. The highest BCUT2D eigenvalue weighted by atomic mass is 16.5. The summed E-state index contributed by atoms with van der Waals surface area (Å²) in [6, 6.07) is 36.5. The van der Waals surface area contributed by atoms with Gasteiger partial charge in [-0.25, -0.2) is 9.36 Å². The van der Waals surface area contributed by atoms with Gasteiger partial charge in [0.05, 0.1) is 29.9 Å². The lowest BCUT2D eigenvalue weighted by Gasteiger charge is -2.36. The number of piperazine rings is 2. The van der Waals surface area contributed by atoms with E-state index in [0.29, 0.717) is 37.6 Å². The Hall–Kier alpha value is -6.69. The van der Waals surface area contributed by atoms with Gasteiger partial charge in [0, 0.05) is 63.7 Å². The Balaban J connectivity index is 0.000000191. The Bertz CT molecular complexity index is 2320. The summed E-state index contributed by atoms with van der Waals surface area (Å²) in [4.78, 5) is 42.9. The van der Waals surface area contributed by atoms with Crippen molar-refractivity contribution < 1.29 is 19.1 Å². The smallest absolute Gasteiger partial charge is 0.272 e. The number of rotatable bonds is 7. The number of hydrogen-bond donors (Lipinski definition) is 0. The highest BCUT2D eigenvalue weighted by Crippen LogP contribution is 2.23. The largest absolute Gasteiger partial charge is 0.497 e. The van der Waals surface area contributed by atoms with Crippen LogP contribution < -0.4 is 14.5 Å². The summed E-state index contributed by atoms with van der Waals surface area (Å²) >= 11 is 0. The van der Waals surface area contributed by atoms with E-state index in [0.717, 1.165) is 60.4 Å². The van der Waals surface area contributed by atoms with Crippen LogP contribution in [-0.2, 0) is 4.79 Å². The molecule has 0 spiro atoms. The zero-order valence-electron chi connectivity index (χ0n) is 35.0. The standard InChI is InChI=1S/C23H26N4O2.C23H26N4O.CH2O/c1-17-4-6-20(7-5-17)27-22(16-18(2)24-27)23(28)26-14-12-25(13-15-26)19-8-10-21(29-3)11-9-19;1-17-7-9-20(10-8-17)27-22(16-19(3)24-27)23(28)26-13-11-25(12-14-26)21-6-4-5-18(2)15-21;1-2/h4-11,16H,12-15H2,1-3H3;4-10,15-16H,11-14H2,1-3H3;1H2. The lowest BCUT2D eigenvalue weighted by atomic mass is 10.2. The van der Waals surface area contributed by atoms with E-state index in [2.05, 4.69) is 70.2 Å². The summed E-state index contributed by atoms with van der Waals surface area (Å²) in [5, 5.41) is 9.11. The molecule has 2 aliphatic heterocycles. The molecule has 0 bridgehead atoms. The van der Waals surface area contributed by atoms with Crippen molar-refractivity contribution in [2.24, 2.45) is 0 Å². The first-order valence-electron chi connectivity index (χ1n) is 19.9. The van der Waals surface area contributed by atoms with Crippen LogP contribution in [0.15, 0.2) is 109 Å². The monoisotopic (exact) mass is 794 g/mol. The van der Waals surface area contributed by atoms with Crippen molar-refractivity contribution in [3.63, 3.8) is 0 Å². The van der Waals surface area contributed by atoms with Crippen LogP contribution in [0.3, 0.4) is 0 Å². The fourth-order valence-electron chi connectivity index (χ4n) is 7.35. The number of amides is 2. The molecular formula is C47H54N8O4. The fourth-order valence-corrected chi connectivity index (χ4v) is 7.35. The average Bonchev–Trinajstić information content (AvgIpc) is 3.87. The van der Waals surface area contributed by atoms with Crippen molar-refractivity contribution in [3.8, 4) is 17.1 Å². The van der Waals surface area contributed by atoms with Crippen LogP contribution in [0, 0.1) is 34.6 Å². The van der Waals surface area contributed by atoms with Gasteiger partial charge in [-0.1, -0.05) is 47.5 Å². The summed E-state index contributed by atoms with van der Waals surface area (Å²) in [6.45, 7) is 18.1.